The van der Waals surface area contributed by atoms with Crippen molar-refractivity contribution in [2.75, 3.05) is 13.7 Å². The maximum absolute atomic E-state index is 8.64. The maximum Gasteiger partial charge on any atom is 0.104 e. The van der Waals surface area contributed by atoms with Gasteiger partial charge in [-0.15, -0.1) is 0 Å². The highest BCUT2D eigenvalue weighted by Crippen LogP contribution is 2.26. The molecular weight excluding hydrogens is 198 g/mol. The first-order chi connectivity index (χ1) is 7.79. The van der Waals surface area contributed by atoms with Crippen molar-refractivity contribution >= 4 is 0 Å². The number of hydrogen-bond donors (Lipinski definition) is 1. The van der Waals surface area contributed by atoms with Crippen molar-refractivity contribution in [1.82, 2.24) is 4.90 Å². The fourth-order valence-electron chi connectivity index (χ4n) is 1.82. The van der Waals surface area contributed by atoms with E-state index in [4.69, 9.17) is 5.11 Å². The van der Waals surface area contributed by atoms with E-state index in [-0.39, 0.29) is 6.61 Å². The molecule has 0 saturated heterocycles. The van der Waals surface area contributed by atoms with E-state index in [1.807, 2.05) is 12.1 Å². The lowest BCUT2D eigenvalue weighted by molar-refractivity contribution is 0.316. The molecule has 0 aromatic heterocycles. The van der Waals surface area contributed by atoms with Crippen LogP contribution in [0.15, 0.2) is 24.3 Å². The van der Waals surface area contributed by atoms with Crippen molar-refractivity contribution in [1.29, 1.82) is 0 Å². The minimum absolute atomic E-state index is 0.0772. The third kappa shape index (κ3) is 3.10. The molecule has 0 spiro atoms. The van der Waals surface area contributed by atoms with Crippen LogP contribution in [0.4, 0.5) is 0 Å². The highest BCUT2D eigenvalue weighted by Gasteiger charge is 2.25. The first-order valence-corrected chi connectivity index (χ1v) is 5.68. The number of nitrogens with zero attached hydrogens (tertiary/aromatic N) is 1. The Balaban J connectivity index is 2.03. The SMILES string of the molecule is CN(Cc1cccc(C#CCO)c1)C1CC1. The summed E-state index contributed by atoms with van der Waals surface area (Å²) in [5.74, 6) is 5.61. The molecule has 0 amide bonds. The number of rotatable bonds is 3. The molecule has 1 saturated carbocycles. The van der Waals surface area contributed by atoms with E-state index in [0.29, 0.717) is 0 Å². The molecule has 0 aliphatic heterocycles. The van der Waals surface area contributed by atoms with Gasteiger partial charge in [-0.25, -0.2) is 0 Å². The average molecular weight is 215 g/mol. The van der Waals surface area contributed by atoms with Crippen LogP contribution in [-0.2, 0) is 6.54 Å². The van der Waals surface area contributed by atoms with Crippen LogP contribution in [0.1, 0.15) is 24.0 Å². The minimum atomic E-state index is -0.0772. The molecule has 1 aromatic rings. The molecule has 1 aromatic carbocycles. The fraction of sp³-hybridized carbons (Fsp3) is 0.429. The van der Waals surface area contributed by atoms with E-state index in [1.54, 1.807) is 0 Å². The van der Waals surface area contributed by atoms with Crippen LogP contribution in [-0.4, -0.2) is 29.7 Å². The lowest BCUT2D eigenvalue weighted by Crippen LogP contribution is -2.19. The van der Waals surface area contributed by atoms with Gasteiger partial charge in [-0.3, -0.25) is 4.90 Å². The predicted octanol–water partition coefficient (Wildman–Crippen LogP) is 1.62. The highest BCUT2D eigenvalue weighted by atomic mass is 16.2. The summed E-state index contributed by atoms with van der Waals surface area (Å²) in [7, 11) is 2.17. The monoisotopic (exact) mass is 215 g/mol. The van der Waals surface area contributed by atoms with Crippen molar-refractivity contribution in [2.24, 2.45) is 0 Å². The molecule has 84 valence electrons. The zero-order valence-electron chi connectivity index (χ0n) is 9.61. The molecule has 0 unspecified atom stereocenters. The van der Waals surface area contributed by atoms with Gasteiger partial charge in [0.25, 0.3) is 0 Å². The zero-order valence-corrected chi connectivity index (χ0v) is 9.61. The van der Waals surface area contributed by atoms with Gasteiger partial charge in [0.2, 0.25) is 0 Å². The summed E-state index contributed by atoms with van der Waals surface area (Å²) in [6.45, 7) is 0.908. The second-order valence-corrected chi connectivity index (χ2v) is 4.31. The van der Waals surface area contributed by atoms with E-state index in [2.05, 4.69) is 35.9 Å². The second kappa shape index (κ2) is 5.16. The molecule has 2 rings (SSSR count). The summed E-state index contributed by atoms with van der Waals surface area (Å²) < 4.78 is 0. The maximum atomic E-state index is 8.64. The van der Waals surface area contributed by atoms with Gasteiger partial charge >= 0.3 is 0 Å². The van der Waals surface area contributed by atoms with Crippen LogP contribution in [0.2, 0.25) is 0 Å². The van der Waals surface area contributed by atoms with Crippen LogP contribution < -0.4 is 0 Å². The molecule has 1 aliphatic rings. The summed E-state index contributed by atoms with van der Waals surface area (Å²) in [6.07, 6.45) is 2.67. The van der Waals surface area contributed by atoms with E-state index < -0.39 is 0 Å². The Labute approximate surface area is 96.9 Å². The number of aliphatic hydroxyl groups is 1. The molecule has 0 radical (unpaired) electrons. The van der Waals surface area contributed by atoms with Crippen LogP contribution in [0.25, 0.3) is 0 Å². The third-order valence-corrected chi connectivity index (χ3v) is 2.84. The largest absolute Gasteiger partial charge is 0.384 e. The number of benzene rings is 1. The molecular formula is C14H17NO. The van der Waals surface area contributed by atoms with Gasteiger partial charge in [-0.1, -0.05) is 24.0 Å². The van der Waals surface area contributed by atoms with Crippen LogP contribution in [0.3, 0.4) is 0 Å². The smallest absolute Gasteiger partial charge is 0.104 e. The molecule has 1 aliphatic carbocycles. The first kappa shape index (κ1) is 11.2. The molecule has 1 N–H and O–H groups in total. The minimum Gasteiger partial charge on any atom is -0.384 e. The summed E-state index contributed by atoms with van der Waals surface area (Å²) in [5, 5.41) is 8.64. The summed E-state index contributed by atoms with van der Waals surface area (Å²) in [4.78, 5) is 2.39. The Hall–Kier alpha value is -1.30. The molecule has 2 nitrogen and oxygen atoms in total. The molecule has 0 atom stereocenters. The van der Waals surface area contributed by atoms with E-state index in [9.17, 15) is 0 Å². The van der Waals surface area contributed by atoms with Crippen LogP contribution in [0, 0.1) is 11.8 Å². The van der Waals surface area contributed by atoms with Gasteiger partial charge in [0.05, 0.1) is 0 Å². The van der Waals surface area contributed by atoms with E-state index in [0.717, 1.165) is 18.2 Å². The van der Waals surface area contributed by atoms with Crippen molar-refractivity contribution < 1.29 is 5.11 Å². The lowest BCUT2D eigenvalue weighted by Gasteiger charge is -2.15. The van der Waals surface area contributed by atoms with Gasteiger partial charge in [-0.2, -0.15) is 0 Å². The average Bonchev–Trinajstić information content (AvgIpc) is 3.10. The van der Waals surface area contributed by atoms with Crippen molar-refractivity contribution in [3.63, 3.8) is 0 Å². The van der Waals surface area contributed by atoms with Crippen molar-refractivity contribution in [3.05, 3.63) is 35.4 Å². The Bertz CT molecular complexity index is 412. The van der Waals surface area contributed by atoms with Crippen molar-refractivity contribution in [3.8, 4) is 11.8 Å². The Kier molecular flexibility index (Phi) is 3.61. The summed E-state index contributed by atoms with van der Waals surface area (Å²) >= 11 is 0. The normalized spacial score (nSPS) is 14.7. The topological polar surface area (TPSA) is 23.5 Å². The first-order valence-electron chi connectivity index (χ1n) is 5.68. The van der Waals surface area contributed by atoms with Gasteiger partial charge in [0.1, 0.15) is 6.61 Å². The Morgan fingerprint density at radius 1 is 1.44 bits per heavy atom. The van der Waals surface area contributed by atoms with Gasteiger partial charge in [-0.05, 0) is 37.6 Å². The van der Waals surface area contributed by atoms with Crippen molar-refractivity contribution in [2.45, 2.75) is 25.4 Å². The van der Waals surface area contributed by atoms with Crippen LogP contribution >= 0.6 is 0 Å². The molecule has 16 heavy (non-hydrogen) atoms. The molecule has 0 bridgehead atoms. The molecule has 0 heterocycles. The van der Waals surface area contributed by atoms with Crippen LogP contribution in [0.5, 0.6) is 0 Å². The highest BCUT2D eigenvalue weighted by molar-refractivity contribution is 5.37. The fourth-order valence-corrected chi connectivity index (χ4v) is 1.82. The summed E-state index contributed by atoms with van der Waals surface area (Å²) in [5.41, 5.74) is 2.27. The number of hydrogen-bond acceptors (Lipinski definition) is 2. The Morgan fingerprint density at radius 2 is 2.25 bits per heavy atom. The van der Waals surface area contributed by atoms with Gasteiger partial charge in [0.15, 0.2) is 0 Å². The Morgan fingerprint density at radius 3 is 2.94 bits per heavy atom. The molecule has 2 heteroatoms. The van der Waals surface area contributed by atoms with E-state index in [1.165, 1.54) is 18.4 Å². The molecule has 1 fully saturated rings. The lowest BCUT2D eigenvalue weighted by atomic mass is 10.1. The van der Waals surface area contributed by atoms with Gasteiger partial charge < -0.3 is 5.11 Å². The third-order valence-electron chi connectivity index (χ3n) is 2.84. The predicted molar refractivity (Wildman–Crippen MR) is 64.9 cm³/mol. The zero-order chi connectivity index (χ0) is 11.4. The van der Waals surface area contributed by atoms with E-state index >= 15 is 0 Å². The quantitative estimate of drug-likeness (QED) is 0.775. The standard InChI is InChI=1S/C14H17NO/c1-15(14-7-8-14)11-13-5-2-4-12(10-13)6-3-9-16/h2,4-5,10,14,16H,7-9,11H2,1H3. The second-order valence-electron chi connectivity index (χ2n) is 4.31. The summed E-state index contributed by atoms with van der Waals surface area (Å²) in [6, 6.07) is 9.01. The van der Waals surface area contributed by atoms with Gasteiger partial charge in [0, 0.05) is 18.2 Å². The number of aliphatic hydroxyl groups excluding tert-OH is 1.